The van der Waals surface area contributed by atoms with E-state index in [0.29, 0.717) is 5.57 Å². The molecule has 1 N–H and O–H groups in total. The third-order valence-electron chi connectivity index (χ3n) is 8.13. The van der Waals surface area contributed by atoms with Crippen LogP contribution in [-0.2, 0) is 43.4 Å². The first-order chi connectivity index (χ1) is 17.1. The van der Waals surface area contributed by atoms with Crippen LogP contribution in [0.2, 0.25) is 0 Å². The average Bonchev–Trinajstić information content (AvgIpc) is 3.36. The third kappa shape index (κ3) is 3.08. The summed E-state index contributed by atoms with van der Waals surface area (Å²) in [6.45, 7) is 5.51. The summed E-state index contributed by atoms with van der Waals surface area (Å²) in [6.07, 6.45) is -0.843. The van der Waals surface area contributed by atoms with Gasteiger partial charge in [0.1, 0.15) is 18.8 Å². The zero-order chi connectivity index (χ0) is 25.7. The van der Waals surface area contributed by atoms with Gasteiger partial charge in [0.2, 0.25) is 5.91 Å². The van der Waals surface area contributed by atoms with E-state index in [2.05, 4.69) is 31.1 Å². The number of hydrogen-bond donors (Lipinski definition) is 1. The highest BCUT2D eigenvalue weighted by molar-refractivity contribution is 7.87. The highest BCUT2D eigenvalue weighted by Gasteiger charge is 2.60. The van der Waals surface area contributed by atoms with Crippen molar-refractivity contribution in [2.24, 2.45) is 11.8 Å². The SMILES string of the molecule is COOC(=O)C1=C(CN2c3cccc4c5c(cc(c34)S2=O)C[N+](C)(C)C5)[C@H](C)C2C([C@@H](C)O)C(=O)N12. The van der Waals surface area contributed by atoms with E-state index in [1.54, 1.807) is 6.92 Å². The lowest BCUT2D eigenvalue weighted by molar-refractivity contribution is -0.909. The summed E-state index contributed by atoms with van der Waals surface area (Å²) in [5.41, 5.74) is 4.15. The molecular formula is C26H30N3O6S+. The van der Waals surface area contributed by atoms with E-state index in [0.717, 1.165) is 38.9 Å². The van der Waals surface area contributed by atoms with Gasteiger partial charge < -0.3 is 14.5 Å². The molecule has 10 heteroatoms. The van der Waals surface area contributed by atoms with Gasteiger partial charge in [0, 0.05) is 22.4 Å². The summed E-state index contributed by atoms with van der Waals surface area (Å²) in [5, 5.41) is 12.3. The van der Waals surface area contributed by atoms with E-state index >= 15 is 0 Å². The molecule has 1 amide bonds. The number of hydrogen-bond acceptors (Lipinski definition) is 6. The molecule has 4 aliphatic heterocycles. The van der Waals surface area contributed by atoms with E-state index in [-0.39, 0.29) is 30.1 Å². The van der Waals surface area contributed by atoms with E-state index < -0.39 is 29.0 Å². The van der Waals surface area contributed by atoms with Crippen LogP contribution in [0.15, 0.2) is 40.4 Å². The first-order valence-corrected chi connectivity index (χ1v) is 13.2. The van der Waals surface area contributed by atoms with Crippen molar-refractivity contribution in [2.45, 2.75) is 44.0 Å². The minimum absolute atomic E-state index is 0.123. The highest BCUT2D eigenvalue weighted by atomic mass is 32.2. The van der Waals surface area contributed by atoms with Crippen molar-refractivity contribution in [1.82, 2.24) is 4.90 Å². The minimum atomic E-state index is -1.48. The molecule has 1 saturated heterocycles. The Hall–Kier alpha value is -2.79. The lowest BCUT2D eigenvalue weighted by Gasteiger charge is -2.46. The maximum atomic E-state index is 13.9. The quantitative estimate of drug-likeness (QED) is 0.285. The molecule has 2 aromatic rings. The van der Waals surface area contributed by atoms with Crippen LogP contribution in [0.25, 0.3) is 10.8 Å². The number of nitrogens with zero attached hydrogens (tertiary/aromatic N) is 3. The van der Waals surface area contributed by atoms with Crippen molar-refractivity contribution in [1.29, 1.82) is 0 Å². The molecule has 2 aromatic carbocycles. The summed E-state index contributed by atoms with van der Waals surface area (Å²) in [7, 11) is 4.15. The van der Waals surface area contributed by atoms with Crippen molar-refractivity contribution in [3.63, 3.8) is 0 Å². The number of carbonyl (C=O) groups is 2. The van der Waals surface area contributed by atoms with Crippen LogP contribution in [0.1, 0.15) is 25.0 Å². The van der Waals surface area contributed by atoms with Crippen LogP contribution < -0.4 is 4.31 Å². The number of aliphatic hydroxyl groups excluding tert-OH is 1. The molecular weight excluding hydrogens is 482 g/mol. The lowest BCUT2D eigenvalue weighted by atomic mass is 9.78. The van der Waals surface area contributed by atoms with Crippen molar-refractivity contribution >= 4 is 39.3 Å². The summed E-state index contributed by atoms with van der Waals surface area (Å²) in [5.74, 6) is -1.91. The lowest BCUT2D eigenvalue weighted by Crippen LogP contribution is -2.63. The number of carbonyl (C=O) groups excluding carboxylic acids is 2. The normalized spacial score (nSPS) is 28.4. The van der Waals surface area contributed by atoms with Crippen molar-refractivity contribution in [2.75, 3.05) is 32.1 Å². The topological polar surface area (TPSA) is 96.4 Å². The monoisotopic (exact) mass is 512 g/mol. The molecule has 0 aromatic heterocycles. The Bertz CT molecular complexity index is 1400. The molecule has 4 aliphatic rings. The van der Waals surface area contributed by atoms with Crippen LogP contribution in [-0.4, -0.2) is 70.5 Å². The molecule has 0 radical (unpaired) electrons. The summed E-state index contributed by atoms with van der Waals surface area (Å²) in [6, 6.07) is 7.78. The predicted molar refractivity (Wildman–Crippen MR) is 132 cm³/mol. The minimum Gasteiger partial charge on any atom is -0.393 e. The molecule has 9 nitrogen and oxygen atoms in total. The smallest absolute Gasteiger partial charge is 0.389 e. The van der Waals surface area contributed by atoms with Gasteiger partial charge in [-0.05, 0) is 30.0 Å². The van der Waals surface area contributed by atoms with Crippen molar-refractivity contribution < 1.29 is 33.2 Å². The molecule has 6 rings (SSSR count). The number of amides is 1. The molecule has 3 unspecified atom stereocenters. The fourth-order valence-corrected chi connectivity index (χ4v) is 8.08. The number of aliphatic hydroxyl groups is 1. The van der Waals surface area contributed by atoms with Gasteiger partial charge in [-0.15, -0.1) is 0 Å². The Kier molecular flexibility index (Phi) is 5.15. The van der Waals surface area contributed by atoms with Crippen LogP contribution in [0.5, 0.6) is 0 Å². The van der Waals surface area contributed by atoms with Gasteiger partial charge in [-0.3, -0.25) is 14.0 Å². The van der Waals surface area contributed by atoms with Crippen molar-refractivity contribution in [3.8, 4) is 0 Å². The Morgan fingerprint density at radius 1 is 1.31 bits per heavy atom. The molecule has 36 heavy (non-hydrogen) atoms. The van der Waals surface area contributed by atoms with Gasteiger partial charge >= 0.3 is 5.97 Å². The Balaban J connectivity index is 1.43. The zero-order valence-electron chi connectivity index (χ0n) is 21.0. The van der Waals surface area contributed by atoms with Gasteiger partial charge in [0.15, 0.2) is 11.0 Å². The van der Waals surface area contributed by atoms with Gasteiger partial charge in [0.05, 0.1) is 56.4 Å². The number of rotatable bonds is 5. The van der Waals surface area contributed by atoms with Crippen molar-refractivity contribution in [3.05, 3.63) is 46.7 Å². The summed E-state index contributed by atoms with van der Waals surface area (Å²) >= 11 is 0. The Labute approximate surface area is 212 Å². The van der Waals surface area contributed by atoms with E-state index in [9.17, 15) is 18.9 Å². The number of β-lactam (4-membered cyclic amide) rings is 1. The maximum Gasteiger partial charge on any atom is 0.389 e. The Morgan fingerprint density at radius 3 is 2.75 bits per heavy atom. The second kappa shape index (κ2) is 7.85. The number of anilines is 1. The summed E-state index contributed by atoms with van der Waals surface area (Å²) < 4.78 is 16.6. The van der Waals surface area contributed by atoms with Gasteiger partial charge in [-0.25, -0.2) is 9.00 Å². The van der Waals surface area contributed by atoms with Crippen LogP contribution in [0, 0.1) is 11.8 Å². The zero-order valence-corrected chi connectivity index (χ0v) is 21.8. The third-order valence-corrected chi connectivity index (χ3v) is 9.55. The second-order valence-corrected chi connectivity index (χ2v) is 12.3. The molecule has 0 bridgehead atoms. The molecule has 5 atom stereocenters. The first-order valence-electron chi connectivity index (χ1n) is 12.1. The van der Waals surface area contributed by atoms with Gasteiger partial charge in [-0.1, -0.05) is 19.1 Å². The fourth-order valence-electron chi connectivity index (χ4n) is 6.62. The van der Waals surface area contributed by atoms with Crippen LogP contribution in [0.4, 0.5) is 5.69 Å². The molecule has 0 spiro atoms. The second-order valence-electron chi connectivity index (χ2n) is 10.9. The van der Waals surface area contributed by atoms with Crippen LogP contribution in [0.3, 0.4) is 0 Å². The highest BCUT2D eigenvalue weighted by Crippen LogP contribution is 2.50. The maximum absolute atomic E-state index is 13.9. The largest absolute Gasteiger partial charge is 0.393 e. The molecule has 190 valence electrons. The fraction of sp³-hybridized carbons (Fsp3) is 0.462. The summed E-state index contributed by atoms with van der Waals surface area (Å²) in [4.78, 5) is 37.5. The van der Waals surface area contributed by atoms with Gasteiger partial charge in [0.25, 0.3) is 0 Å². The number of benzene rings is 2. The predicted octanol–water partition coefficient (Wildman–Crippen LogP) is 1.99. The van der Waals surface area contributed by atoms with E-state index in [1.165, 1.54) is 23.1 Å². The Morgan fingerprint density at radius 2 is 2.06 bits per heavy atom. The van der Waals surface area contributed by atoms with E-state index in [1.807, 2.05) is 23.4 Å². The van der Waals surface area contributed by atoms with Crippen LogP contribution >= 0.6 is 0 Å². The number of quaternary nitrogens is 1. The molecule has 1 fully saturated rings. The molecule has 0 aliphatic carbocycles. The standard InChI is InChI=1S/C26H30N3O6S/c1-13-17(24(26(32)35-34-5)28-23(13)21(14(2)30)25(28)31)10-27-19-8-6-7-16-18-12-29(3,4)11-15(18)9-20(22(16)19)36(27)33/h6-9,13-14,21,23,30H,10-12H2,1-5H3/q+1/t13-,14+,21?,23?,36?/m0/s1. The van der Waals surface area contributed by atoms with E-state index in [4.69, 9.17) is 4.89 Å². The number of fused-ring (bicyclic) bond motifs is 3. The average molecular weight is 513 g/mol. The first kappa shape index (κ1) is 23.6. The molecule has 0 saturated carbocycles. The van der Waals surface area contributed by atoms with Gasteiger partial charge in [-0.2, -0.15) is 4.89 Å². The molecule has 4 heterocycles.